The lowest BCUT2D eigenvalue weighted by Crippen LogP contribution is -2.33. The summed E-state index contributed by atoms with van der Waals surface area (Å²) in [7, 11) is 3.04. The highest BCUT2D eigenvalue weighted by atomic mass is 16.5. The highest BCUT2D eigenvalue weighted by Crippen LogP contribution is 2.32. The number of fused-ring (bicyclic) bond motifs is 1. The zero-order valence-electron chi connectivity index (χ0n) is 14.8. The molecule has 0 aliphatic carbocycles. The Morgan fingerprint density at radius 2 is 1.75 bits per heavy atom. The lowest BCUT2D eigenvalue weighted by molar-refractivity contribution is 0.0940. The number of nitrogens with zero attached hydrogens (tertiary/aromatic N) is 1. The molecule has 1 heterocycles. The molecular weight excluding hydrogens is 308 g/mol. The number of rotatable bonds is 6. The molecule has 1 N–H and O–H groups in total. The SMILES string of the molecule is CCC(C)NC(=O)c1cn(CC)c(=O)c2cc(OC)c(OC)cc12. The van der Waals surface area contributed by atoms with Gasteiger partial charge in [0.2, 0.25) is 0 Å². The van der Waals surface area contributed by atoms with Crippen molar-refractivity contribution in [1.29, 1.82) is 0 Å². The lowest BCUT2D eigenvalue weighted by atomic mass is 10.0. The van der Waals surface area contributed by atoms with Crippen LogP contribution in [0.4, 0.5) is 0 Å². The monoisotopic (exact) mass is 332 g/mol. The second-order valence-corrected chi connectivity index (χ2v) is 5.67. The summed E-state index contributed by atoms with van der Waals surface area (Å²) in [5.41, 5.74) is 0.293. The van der Waals surface area contributed by atoms with Crippen molar-refractivity contribution >= 4 is 16.7 Å². The second kappa shape index (κ2) is 7.38. The number of nitrogens with one attached hydrogen (secondary N) is 1. The average Bonchev–Trinajstić information content (AvgIpc) is 2.60. The Kier molecular flexibility index (Phi) is 5.49. The molecule has 0 fully saturated rings. The van der Waals surface area contributed by atoms with Crippen LogP contribution in [0.1, 0.15) is 37.6 Å². The van der Waals surface area contributed by atoms with Crippen LogP contribution >= 0.6 is 0 Å². The first kappa shape index (κ1) is 17.8. The highest BCUT2D eigenvalue weighted by Gasteiger charge is 2.18. The van der Waals surface area contributed by atoms with E-state index in [4.69, 9.17) is 9.47 Å². The maximum absolute atomic E-state index is 12.7. The summed E-state index contributed by atoms with van der Waals surface area (Å²) in [5.74, 6) is 0.740. The fourth-order valence-electron chi connectivity index (χ4n) is 2.54. The zero-order valence-corrected chi connectivity index (χ0v) is 14.8. The fourth-order valence-corrected chi connectivity index (χ4v) is 2.54. The molecule has 0 bridgehead atoms. The summed E-state index contributed by atoms with van der Waals surface area (Å²) in [5, 5.41) is 3.94. The Bertz CT molecular complexity index is 811. The van der Waals surface area contributed by atoms with Gasteiger partial charge in [-0.15, -0.1) is 0 Å². The van der Waals surface area contributed by atoms with Crippen LogP contribution in [0.15, 0.2) is 23.1 Å². The lowest BCUT2D eigenvalue weighted by Gasteiger charge is -2.16. The summed E-state index contributed by atoms with van der Waals surface area (Å²) in [6.07, 6.45) is 2.43. The van der Waals surface area contributed by atoms with Gasteiger partial charge in [0.1, 0.15) is 0 Å². The van der Waals surface area contributed by atoms with Crippen LogP contribution in [0.5, 0.6) is 11.5 Å². The van der Waals surface area contributed by atoms with Gasteiger partial charge in [0.05, 0.1) is 25.2 Å². The number of benzene rings is 1. The van der Waals surface area contributed by atoms with Crippen LogP contribution in [0.2, 0.25) is 0 Å². The van der Waals surface area contributed by atoms with Gasteiger partial charge < -0.3 is 19.4 Å². The predicted octanol–water partition coefficient (Wildman–Crippen LogP) is 2.57. The molecule has 2 aromatic rings. The van der Waals surface area contributed by atoms with E-state index >= 15 is 0 Å². The number of amides is 1. The molecule has 1 amide bonds. The minimum atomic E-state index is -0.205. The number of hydrogen-bond donors (Lipinski definition) is 1. The van der Waals surface area contributed by atoms with Crippen LogP contribution in [0, 0.1) is 0 Å². The smallest absolute Gasteiger partial charge is 0.258 e. The third-order valence-corrected chi connectivity index (χ3v) is 4.17. The molecule has 6 nitrogen and oxygen atoms in total. The Morgan fingerprint density at radius 3 is 2.25 bits per heavy atom. The van der Waals surface area contributed by atoms with E-state index < -0.39 is 0 Å². The summed E-state index contributed by atoms with van der Waals surface area (Å²) in [6.45, 7) is 6.29. The molecule has 0 aliphatic heterocycles. The zero-order chi connectivity index (χ0) is 17.9. The van der Waals surface area contributed by atoms with Gasteiger partial charge in [-0.3, -0.25) is 9.59 Å². The number of hydrogen-bond acceptors (Lipinski definition) is 4. The van der Waals surface area contributed by atoms with E-state index in [1.807, 2.05) is 20.8 Å². The van der Waals surface area contributed by atoms with Crippen LogP contribution in [-0.2, 0) is 6.54 Å². The molecule has 0 aliphatic rings. The van der Waals surface area contributed by atoms with E-state index in [9.17, 15) is 9.59 Å². The summed E-state index contributed by atoms with van der Waals surface area (Å²) >= 11 is 0. The first-order valence-electron chi connectivity index (χ1n) is 8.06. The quantitative estimate of drug-likeness (QED) is 0.883. The summed E-state index contributed by atoms with van der Waals surface area (Å²) < 4.78 is 12.1. The van der Waals surface area contributed by atoms with Crippen molar-refractivity contribution in [3.8, 4) is 11.5 Å². The van der Waals surface area contributed by atoms with Gasteiger partial charge in [-0.1, -0.05) is 6.92 Å². The predicted molar refractivity (Wildman–Crippen MR) is 94.2 cm³/mol. The van der Waals surface area contributed by atoms with E-state index in [0.717, 1.165) is 6.42 Å². The second-order valence-electron chi connectivity index (χ2n) is 5.67. The van der Waals surface area contributed by atoms with Crippen LogP contribution in [0.3, 0.4) is 0 Å². The van der Waals surface area contributed by atoms with Crippen molar-refractivity contribution in [2.24, 2.45) is 0 Å². The molecule has 0 spiro atoms. The van der Waals surface area contributed by atoms with E-state index in [1.165, 1.54) is 18.8 Å². The topological polar surface area (TPSA) is 69.6 Å². The maximum atomic E-state index is 12.7. The number of methoxy groups -OCH3 is 2. The first-order chi connectivity index (χ1) is 11.5. The molecule has 1 aromatic carbocycles. The molecule has 1 atom stereocenters. The van der Waals surface area contributed by atoms with E-state index in [-0.39, 0.29) is 17.5 Å². The Hall–Kier alpha value is -2.50. The molecular formula is C18H24N2O4. The number of carbonyl (C=O) groups excluding carboxylic acids is 1. The van der Waals surface area contributed by atoms with Gasteiger partial charge in [-0.2, -0.15) is 0 Å². The van der Waals surface area contributed by atoms with Gasteiger partial charge >= 0.3 is 0 Å². The summed E-state index contributed by atoms with van der Waals surface area (Å²) in [6, 6.07) is 3.36. The number of aromatic nitrogens is 1. The van der Waals surface area contributed by atoms with E-state index in [1.54, 1.807) is 18.3 Å². The largest absolute Gasteiger partial charge is 0.493 e. The standard InChI is InChI=1S/C18H24N2O4/c1-6-11(3)19-17(21)14-10-20(7-2)18(22)13-9-16(24-5)15(23-4)8-12(13)14/h8-11H,6-7H2,1-5H3,(H,19,21). The normalized spacial score (nSPS) is 12.0. The van der Waals surface area contributed by atoms with Gasteiger partial charge in [-0.25, -0.2) is 0 Å². The number of pyridine rings is 1. The average molecular weight is 332 g/mol. The van der Waals surface area contributed by atoms with Crippen molar-refractivity contribution in [2.75, 3.05) is 14.2 Å². The molecule has 130 valence electrons. The molecule has 6 heteroatoms. The van der Waals surface area contributed by atoms with Crippen molar-refractivity contribution in [1.82, 2.24) is 9.88 Å². The highest BCUT2D eigenvalue weighted by molar-refractivity contribution is 6.07. The molecule has 0 saturated carbocycles. The fraction of sp³-hybridized carbons (Fsp3) is 0.444. The number of aryl methyl sites for hydroxylation is 1. The Labute approximate surface area is 141 Å². The molecule has 0 radical (unpaired) electrons. The van der Waals surface area contributed by atoms with E-state index in [2.05, 4.69) is 5.32 Å². The maximum Gasteiger partial charge on any atom is 0.258 e. The molecule has 0 saturated heterocycles. The van der Waals surface area contributed by atoms with Gasteiger partial charge in [0, 0.05) is 24.2 Å². The van der Waals surface area contributed by atoms with Gasteiger partial charge in [0.25, 0.3) is 11.5 Å². The summed E-state index contributed by atoms with van der Waals surface area (Å²) in [4.78, 5) is 25.3. The molecule has 2 rings (SSSR count). The molecule has 1 aromatic heterocycles. The number of ether oxygens (including phenoxy) is 2. The molecule has 1 unspecified atom stereocenters. The molecule has 24 heavy (non-hydrogen) atoms. The van der Waals surface area contributed by atoms with Crippen LogP contribution in [0.25, 0.3) is 10.8 Å². The third-order valence-electron chi connectivity index (χ3n) is 4.17. The van der Waals surface area contributed by atoms with Crippen molar-refractivity contribution in [3.05, 3.63) is 34.2 Å². The van der Waals surface area contributed by atoms with Crippen LogP contribution in [-0.4, -0.2) is 30.7 Å². The third kappa shape index (κ3) is 3.22. The Morgan fingerprint density at radius 1 is 1.17 bits per heavy atom. The Balaban J connectivity index is 2.75. The van der Waals surface area contributed by atoms with Gasteiger partial charge in [0.15, 0.2) is 11.5 Å². The first-order valence-corrected chi connectivity index (χ1v) is 8.06. The minimum absolute atomic E-state index is 0.0506. The van der Waals surface area contributed by atoms with Gasteiger partial charge in [-0.05, 0) is 32.4 Å². The van der Waals surface area contributed by atoms with Crippen molar-refractivity contribution in [3.63, 3.8) is 0 Å². The van der Waals surface area contributed by atoms with Crippen molar-refractivity contribution in [2.45, 2.75) is 39.8 Å². The van der Waals surface area contributed by atoms with Crippen LogP contribution < -0.4 is 20.3 Å². The van der Waals surface area contributed by atoms with E-state index in [0.29, 0.717) is 34.4 Å². The van der Waals surface area contributed by atoms with Crippen molar-refractivity contribution < 1.29 is 14.3 Å². The number of carbonyl (C=O) groups is 1. The minimum Gasteiger partial charge on any atom is -0.493 e.